The zero-order valence-corrected chi connectivity index (χ0v) is 10.9. The third-order valence-electron chi connectivity index (χ3n) is 2.67. The lowest BCUT2D eigenvalue weighted by Gasteiger charge is -2.32. The number of nitrogens with two attached hydrogens (primary N) is 1. The van der Waals surface area contributed by atoms with Crippen LogP contribution < -0.4 is 5.73 Å². The number of thiophene rings is 1. The van der Waals surface area contributed by atoms with E-state index in [4.69, 9.17) is 22.7 Å². The summed E-state index contributed by atoms with van der Waals surface area (Å²) in [5.41, 5.74) is 6.59. The molecule has 1 fully saturated rings. The van der Waals surface area contributed by atoms with Gasteiger partial charge in [0.1, 0.15) is 11.1 Å². The first-order valence-corrected chi connectivity index (χ1v) is 6.71. The number of hydrogen-bond donors (Lipinski definition) is 1. The molecule has 0 bridgehead atoms. The number of carbonyl (C=O) groups excluding carboxylic acids is 1. The predicted octanol–water partition coefficient (Wildman–Crippen LogP) is 0.804. The molecule has 1 unspecified atom stereocenters. The molecule has 2 rings (SSSR count). The molecule has 1 aromatic heterocycles. The van der Waals surface area contributed by atoms with Crippen molar-refractivity contribution in [2.75, 3.05) is 19.7 Å². The van der Waals surface area contributed by atoms with Crippen molar-refractivity contribution in [3.05, 3.63) is 22.4 Å². The summed E-state index contributed by atoms with van der Waals surface area (Å²) in [5, 5.41) is 3.96. The van der Waals surface area contributed by atoms with Crippen LogP contribution in [0, 0.1) is 0 Å². The van der Waals surface area contributed by atoms with E-state index in [0.717, 1.165) is 5.56 Å². The van der Waals surface area contributed by atoms with E-state index in [1.807, 2.05) is 16.8 Å². The first-order chi connectivity index (χ1) is 8.16. The molecule has 0 spiro atoms. The molecule has 0 radical (unpaired) electrons. The van der Waals surface area contributed by atoms with Gasteiger partial charge in [-0.15, -0.1) is 0 Å². The third kappa shape index (κ3) is 3.24. The lowest BCUT2D eigenvalue weighted by Crippen LogP contribution is -2.50. The lowest BCUT2D eigenvalue weighted by molar-refractivity contribution is -0.135. The average Bonchev–Trinajstić information content (AvgIpc) is 2.82. The van der Waals surface area contributed by atoms with Crippen LogP contribution >= 0.6 is 23.6 Å². The van der Waals surface area contributed by atoms with E-state index < -0.39 is 0 Å². The van der Waals surface area contributed by atoms with Crippen molar-refractivity contribution < 1.29 is 9.53 Å². The van der Waals surface area contributed by atoms with Crippen LogP contribution in [0.2, 0.25) is 0 Å². The fourth-order valence-corrected chi connectivity index (χ4v) is 2.54. The summed E-state index contributed by atoms with van der Waals surface area (Å²) in [6.45, 7) is 1.58. The van der Waals surface area contributed by atoms with Gasteiger partial charge in [0.15, 0.2) is 0 Å². The van der Waals surface area contributed by atoms with Crippen molar-refractivity contribution in [2.24, 2.45) is 5.73 Å². The Morgan fingerprint density at radius 3 is 3.18 bits per heavy atom. The summed E-state index contributed by atoms with van der Waals surface area (Å²) in [4.78, 5) is 14.1. The molecular formula is C11H14N2O2S2. The van der Waals surface area contributed by atoms with Gasteiger partial charge in [0, 0.05) is 6.54 Å². The second-order valence-corrected chi connectivity index (χ2v) is 5.16. The number of nitrogens with zero attached hydrogens (tertiary/aromatic N) is 1. The highest BCUT2D eigenvalue weighted by atomic mass is 32.1. The molecule has 17 heavy (non-hydrogen) atoms. The zero-order chi connectivity index (χ0) is 12.3. The summed E-state index contributed by atoms with van der Waals surface area (Å²) < 4.78 is 5.40. The van der Waals surface area contributed by atoms with E-state index in [1.54, 1.807) is 16.2 Å². The van der Waals surface area contributed by atoms with Gasteiger partial charge in [0.05, 0.1) is 19.6 Å². The van der Waals surface area contributed by atoms with Gasteiger partial charge < -0.3 is 15.4 Å². The molecule has 1 saturated heterocycles. The molecule has 2 heterocycles. The number of amides is 1. The highest BCUT2D eigenvalue weighted by Crippen LogP contribution is 2.11. The van der Waals surface area contributed by atoms with E-state index >= 15 is 0 Å². The van der Waals surface area contributed by atoms with Gasteiger partial charge >= 0.3 is 0 Å². The Bertz CT molecular complexity index is 406. The number of ether oxygens (including phenoxy) is 1. The minimum Gasteiger partial charge on any atom is -0.391 e. The normalized spacial score (nSPS) is 20.2. The van der Waals surface area contributed by atoms with Crippen molar-refractivity contribution in [1.29, 1.82) is 0 Å². The molecule has 0 aliphatic carbocycles. The number of rotatable bonds is 3. The molecule has 6 heteroatoms. The van der Waals surface area contributed by atoms with Crippen LogP contribution in [-0.4, -0.2) is 41.6 Å². The predicted molar refractivity (Wildman–Crippen MR) is 71.1 cm³/mol. The molecule has 1 aliphatic rings. The van der Waals surface area contributed by atoms with Crippen LogP contribution in [0.15, 0.2) is 16.8 Å². The van der Waals surface area contributed by atoms with Gasteiger partial charge in [0.25, 0.3) is 0 Å². The van der Waals surface area contributed by atoms with Gasteiger partial charge in [-0.25, -0.2) is 0 Å². The molecule has 4 nitrogen and oxygen atoms in total. The Kier molecular flexibility index (Phi) is 4.09. The Labute approximate surface area is 109 Å². The van der Waals surface area contributed by atoms with Gasteiger partial charge in [-0.3, -0.25) is 4.79 Å². The summed E-state index contributed by atoms with van der Waals surface area (Å²) in [7, 11) is 0. The van der Waals surface area contributed by atoms with Crippen LogP contribution in [0.5, 0.6) is 0 Å². The fraction of sp³-hybridized carbons (Fsp3) is 0.455. The molecule has 1 aliphatic heterocycles. The Morgan fingerprint density at radius 2 is 2.53 bits per heavy atom. The average molecular weight is 270 g/mol. The number of morpholine rings is 1. The standard InChI is InChI=1S/C11H14N2O2S2/c12-11(16)9-6-13(2-3-15-9)10(14)5-8-1-4-17-7-8/h1,4,7,9H,2-3,5-6H2,(H2,12,16). The molecule has 2 N–H and O–H groups in total. The van der Waals surface area contributed by atoms with Crippen molar-refractivity contribution in [3.8, 4) is 0 Å². The highest BCUT2D eigenvalue weighted by molar-refractivity contribution is 7.80. The topological polar surface area (TPSA) is 55.6 Å². The largest absolute Gasteiger partial charge is 0.391 e. The van der Waals surface area contributed by atoms with E-state index in [1.165, 1.54) is 0 Å². The number of hydrogen-bond acceptors (Lipinski definition) is 4. The van der Waals surface area contributed by atoms with Crippen molar-refractivity contribution >= 4 is 34.5 Å². The molecule has 0 aromatic carbocycles. The second kappa shape index (κ2) is 5.57. The Hall–Kier alpha value is -0.980. The lowest BCUT2D eigenvalue weighted by atomic mass is 10.2. The van der Waals surface area contributed by atoms with Crippen molar-refractivity contribution in [3.63, 3.8) is 0 Å². The minimum absolute atomic E-state index is 0.105. The Morgan fingerprint density at radius 1 is 1.71 bits per heavy atom. The van der Waals surface area contributed by atoms with Gasteiger partial charge in [0.2, 0.25) is 5.91 Å². The number of carbonyl (C=O) groups is 1. The SMILES string of the molecule is NC(=S)C1CN(C(=O)Cc2ccsc2)CCO1. The van der Waals surface area contributed by atoms with Crippen LogP contribution in [0.3, 0.4) is 0 Å². The maximum atomic E-state index is 12.0. The van der Waals surface area contributed by atoms with Crippen molar-refractivity contribution in [2.45, 2.75) is 12.5 Å². The van der Waals surface area contributed by atoms with E-state index in [2.05, 4.69) is 0 Å². The third-order valence-corrected chi connectivity index (χ3v) is 3.67. The zero-order valence-electron chi connectivity index (χ0n) is 9.30. The maximum absolute atomic E-state index is 12.0. The van der Waals surface area contributed by atoms with Crippen LogP contribution in [0.1, 0.15) is 5.56 Å². The Balaban J connectivity index is 1.93. The van der Waals surface area contributed by atoms with Gasteiger partial charge in [-0.1, -0.05) is 12.2 Å². The summed E-state index contributed by atoms with van der Waals surface area (Å²) in [6.07, 6.45) is 0.137. The minimum atomic E-state index is -0.301. The monoisotopic (exact) mass is 270 g/mol. The summed E-state index contributed by atoms with van der Waals surface area (Å²) >= 11 is 6.48. The summed E-state index contributed by atoms with van der Waals surface area (Å²) in [5.74, 6) is 0.105. The van der Waals surface area contributed by atoms with Gasteiger partial charge in [-0.2, -0.15) is 11.3 Å². The second-order valence-electron chi connectivity index (χ2n) is 3.91. The van der Waals surface area contributed by atoms with E-state index in [-0.39, 0.29) is 12.0 Å². The van der Waals surface area contributed by atoms with Crippen LogP contribution in [0.4, 0.5) is 0 Å². The maximum Gasteiger partial charge on any atom is 0.227 e. The van der Waals surface area contributed by atoms with E-state index in [9.17, 15) is 4.79 Å². The molecule has 1 aromatic rings. The van der Waals surface area contributed by atoms with Gasteiger partial charge in [-0.05, 0) is 22.4 Å². The quantitative estimate of drug-likeness (QED) is 0.826. The van der Waals surface area contributed by atoms with Crippen molar-refractivity contribution in [1.82, 2.24) is 4.90 Å². The molecule has 0 saturated carbocycles. The fourth-order valence-electron chi connectivity index (χ4n) is 1.73. The smallest absolute Gasteiger partial charge is 0.227 e. The number of thiocarbonyl (C=S) groups is 1. The highest BCUT2D eigenvalue weighted by Gasteiger charge is 2.25. The first-order valence-electron chi connectivity index (χ1n) is 5.36. The summed E-state index contributed by atoms with van der Waals surface area (Å²) in [6, 6.07) is 1.97. The van der Waals surface area contributed by atoms with Crippen LogP contribution in [0.25, 0.3) is 0 Å². The molecule has 1 amide bonds. The first kappa shape index (κ1) is 12.5. The van der Waals surface area contributed by atoms with E-state index in [0.29, 0.717) is 31.1 Å². The molecule has 1 atom stereocenters. The molecular weight excluding hydrogens is 256 g/mol. The molecule has 92 valence electrons. The van der Waals surface area contributed by atoms with Crippen LogP contribution in [-0.2, 0) is 16.0 Å².